The zero-order valence-electron chi connectivity index (χ0n) is 7.36. The van der Waals surface area contributed by atoms with Crippen LogP contribution in [0, 0.1) is 0 Å². The van der Waals surface area contributed by atoms with Crippen molar-refractivity contribution >= 4 is 30.6 Å². The molecule has 1 aromatic heterocycles. The summed E-state index contributed by atoms with van der Waals surface area (Å²) in [5, 5.41) is 10.7. The van der Waals surface area contributed by atoms with Crippen molar-refractivity contribution in [2.75, 3.05) is 11.9 Å². The van der Waals surface area contributed by atoms with Crippen LogP contribution in [0.1, 0.15) is 12.5 Å². The lowest BCUT2D eigenvalue weighted by molar-refractivity contribution is 0.955. The smallest absolute Gasteiger partial charge is 0.153 e. The third kappa shape index (κ3) is 4.26. The minimum absolute atomic E-state index is 0. The van der Waals surface area contributed by atoms with Gasteiger partial charge in [-0.1, -0.05) is 0 Å². The number of hydrogen-bond donors (Lipinski definition) is 2. The topological polar surface area (TPSA) is 63.8 Å². The van der Waals surface area contributed by atoms with Gasteiger partial charge < -0.3 is 11.1 Å². The first kappa shape index (κ1) is 14.9. The van der Waals surface area contributed by atoms with E-state index in [1.165, 1.54) is 0 Å². The first-order valence-electron chi connectivity index (χ1n) is 3.63. The number of nitrogens with zero attached hydrogens (tertiary/aromatic N) is 2. The normalized spacial score (nSPS) is 8.15. The monoisotopic (exact) mass is 224 g/mol. The number of aromatic nitrogens is 2. The fourth-order valence-corrected chi connectivity index (χ4v) is 0.839. The summed E-state index contributed by atoms with van der Waals surface area (Å²) >= 11 is 0. The van der Waals surface area contributed by atoms with E-state index in [-0.39, 0.29) is 24.8 Å². The van der Waals surface area contributed by atoms with Crippen LogP contribution in [0.25, 0.3) is 0 Å². The fraction of sp³-hybridized carbons (Fsp3) is 0.429. The average Bonchev–Trinajstić information content (AvgIpc) is 2.06. The van der Waals surface area contributed by atoms with Gasteiger partial charge in [0.1, 0.15) is 0 Å². The van der Waals surface area contributed by atoms with E-state index < -0.39 is 0 Å². The summed E-state index contributed by atoms with van der Waals surface area (Å²) in [4.78, 5) is 0. The quantitative estimate of drug-likeness (QED) is 0.811. The Bertz CT molecular complexity index is 231. The zero-order chi connectivity index (χ0) is 8.10. The Morgan fingerprint density at radius 3 is 2.69 bits per heavy atom. The summed E-state index contributed by atoms with van der Waals surface area (Å²) in [7, 11) is 0. The minimum Gasteiger partial charge on any atom is -0.369 e. The van der Waals surface area contributed by atoms with Crippen molar-refractivity contribution in [3.05, 3.63) is 17.8 Å². The standard InChI is InChI=1S/C7H12N4.2ClH/c1-2-9-7-6(5-8)3-4-10-11-7;;/h3-4H,2,5,8H2,1H3,(H,9,11);2*1H. The van der Waals surface area contributed by atoms with E-state index in [1.807, 2.05) is 13.0 Å². The Morgan fingerprint density at radius 1 is 1.46 bits per heavy atom. The second-order valence-corrected chi connectivity index (χ2v) is 2.14. The van der Waals surface area contributed by atoms with Crippen molar-refractivity contribution in [2.45, 2.75) is 13.5 Å². The summed E-state index contributed by atoms with van der Waals surface area (Å²) in [6.45, 7) is 3.35. The molecule has 1 heterocycles. The molecule has 13 heavy (non-hydrogen) atoms. The van der Waals surface area contributed by atoms with Crippen molar-refractivity contribution in [1.82, 2.24) is 10.2 Å². The van der Waals surface area contributed by atoms with Crippen LogP contribution in [0.15, 0.2) is 12.3 Å². The van der Waals surface area contributed by atoms with Crippen molar-refractivity contribution in [3.63, 3.8) is 0 Å². The Kier molecular flexibility index (Phi) is 9.22. The van der Waals surface area contributed by atoms with E-state index in [9.17, 15) is 0 Å². The number of rotatable bonds is 3. The highest BCUT2D eigenvalue weighted by molar-refractivity contribution is 5.85. The molecular weight excluding hydrogens is 211 g/mol. The zero-order valence-corrected chi connectivity index (χ0v) is 8.99. The Morgan fingerprint density at radius 2 is 2.15 bits per heavy atom. The van der Waals surface area contributed by atoms with E-state index in [0.717, 1.165) is 17.9 Å². The van der Waals surface area contributed by atoms with Gasteiger partial charge in [-0.3, -0.25) is 0 Å². The third-order valence-electron chi connectivity index (χ3n) is 1.37. The Labute approximate surface area is 90.1 Å². The molecule has 4 nitrogen and oxygen atoms in total. The van der Waals surface area contributed by atoms with E-state index in [2.05, 4.69) is 15.5 Å². The molecule has 0 aliphatic carbocycles. The molecule has 76 valence electrons. The lowest BCUT2D eigenvalue weighted by atomic mass is 10.3. The molecule has 1 aromatic rings. The second kappa shape index (κ2) is 8.04. The van der Waals surface area contributed by atoms with Crippen LogP contribution in [0.3, 0.4) is 0 Å². The average molecular weight is 225 g/mol. The predicted octanol–water partition coefficient (Wildman–Crippen LogP) is 1.21. The van der Waals surface area contributed by atoms with Crippen molar-refractivity contribution in [3.8, 4) is 0 Å². The lowest BCUT2D eigenvalue weighted by Gasteiger charge is -2.04. The summed E-state index contributed by atoms with van der Waals surface area (Å²) < 4.78 is 0. The first-order chi connectivity index (χ1) is 5.38. The molecule has 0 aliphatic heterocycles. The van der Waals surface area contributed by atoms with Gasteiger partial charge in [0.2, 0.25) is 0 Å². The summed E-state index contributed by atoms with van der Waals surface area (Å²) in [5.74, 6) is 0.789. The molecule has 0 saturated heterocycles. The Balaban J connectivity index is 0. The van der Waals surface area contributed by atoms with E-state index >= 15 is 0 Å². The maximum absolute atomic E-state index is 5.47. The highest BCUT2D eigenvalue weighted by Crippen LogP contribution is 2.07. The summed E-state index contributed by atoms with van der Waals surface area (Å²) in [5.41, 5.74) is 6.47. The molecule has 0 unspecified atom stereocenters. The SMILES string of the molecule is CCNc1nnccc1CN.Cl.Cl. The minimum atomic E-state index is 0. The van der Waals surface area contributed by atoms with Gasteiger partial charge in [0.05, 0.1) is 6.20 Å². The van der Waals surface area contributed by atoms with Crippen LogP contribution in [0.2, 0.25) is 0 Å². The molecule has 0 amide bonds. The van der Waals surface area contributed by atoms with Gasteiger partial charge >= 0.3 is 0 Å². The van der Waals surface area contributed by atoms with Gasteiger partial charge in [-0.2, -0.15) is 5.10 Å². The third-order valence-corrected chi connectivity index (χ3v) is 1.37. The van der Waals surface area contributed by atoms with E-state index in [1.54, 1.807) is 6.20 Å². The van der Waals surface area contributed by atoms with E-state index in [0.29, 0.717) is 6.54 Å². The molecule has 0 fully saturated rings. The second-order valence-electron chi connectivity index (χ2n) is 2.14. The molecule has 0 spiro atoms. The summed E-state index contributed by atoms with van der Waals surface area (Å²) in [6, 6.07) is 1.87. The molecule has 0 saturated carbocycles. The van der Waals surface area contributed by atoms with Gasteiger partial charge in [-0.15, -0.1) is 29.9 Å². The van der Waals surface area contributed by atoms with E-state index in [4.69, 9.17) is 5.73 Å². The largest absolute Gasteiger partial charge is 0.369 e. The van der Waals surface area contributed by atoms with Crippen molar-refractivity contribution in [1.29, 1.82) is 0 Å². The number of nitrogens with two attached hydrogens (primary N) is 1. The van der Waals surface area contributed by atoms with Crippen LogP contribution in [0.5, 0.6) is 0 Å². The number of nitrogens with one attached hydrogen (secondary N) is 1. The van der Waals surface area contributed by atoms with Gasteiger partial charge in [-0.05, 0) is 13.0 Å². The van der Waals surface area contributed by atoms with Gasteiger partial charge in [0.25, 0.3) is 0 Å². The van der Waals surface area contributed by atoms with Gasteiger partial charge in [0, 0.05) is 18.7 Å². The van der Waals surface area contributed by atoms with Crippen LogP contribution >= 0.6 is 24.8 Å². The van der Waals surface area contributed by atoms with Gasteiger partial charge in [-0.25, -0.2) is 0 Å². The molecule has 1 rings (SSSR count). The van der Waals surface area contributed by atoms with Crippen LogP contribution < -0.4 is 11.1 Å². The highest BCUT2D eigenvalue weighted by Gasteiger charge is 1.98. The maximum Gasteiger partial charge on any atom is 0.153 e. The number of halogens is 2. The van der Waals surface area contributed by atoms with Crippen LogP contribution in [-0.2, 0) is 6.54 Å². The maximum atomic E-state index is 5.47. The Hall–Kier alpha value is -0.580. The number of anilines is 1. The number of hydrogen-bond acceptors (Lipinski definition) is 4. The molecule has 0 radical (unpaired) electrons. The van der Waals surface area contributed by atoms with Crippen LogP contribution in [0.4, 0.5) is 5.82 Å². The molecule has 0 aliphatic rings. The van der Waals surface area contributed by atoms with Crippen molar-refractivity contribution < 1.29 is 0 Å². The lowest BCUT2D eigenvalue weighted by Crippen LogP contribution is -2.07. The van der Waals surface area contributed by atoms with Crippen LogP contribution in [-0.4, -0.2) is 16.7 Å². The first-order valence-corrected chi connectivity index (χ1v) is 3.63. The molecule has 0 atom stereocenters. The molecule has 0 bridgehead atoms. The van der Waals surface area contributed by atoms with Gasteiger partial charge in [0.15, 0.2) is 5.82 Å². The predicted molar refractivity (Wildman–Crippen MR) is 58.6 cm³/mol. The molecule has 0 aromatic carbocycles. The highest BCUT2D eigenvalue weighted by atomic mass is 35.5. The molecule has 3 N–H and O–H groups in total. The summed E-state index contributed by atoms with van der Waals surface area (Å²) in [6.07, 6.45) is 1.64. The molecule has 6 heteroatoms. The van der Waals surface area contributed by atoms with Crippen molar-refractivity contribution in [2.24, 2.45) is 5.73 Å². The fourth-order valence-electron chi connectivity index (χ4n) is 0.839. The molecular formula is C7H14Cl2N4.